The molecule has 3 aromatic rings. The van der Waals surface area contributed by atoms with Gasteiger partial charge in [0.2, 0.25) is 5.91 Å². The number of amides is 3. The summed E-state index contributed by atoms with van der Waals surface area (Å²) in [6.07, 6.45) is -2.74. The van der Waals surface area contributed by atoms with Crippen LogP contribution in [0.25, 0.3) is 0 Å². The van der Waals surface area contributed by atoms with Crippen LogP contribution in [0.15, 0.2) is 77.4 Å². The Balaban J connectivity index is 1.79. The van der Waals surface area contributed by atoms with Crippen LogP contribution in [0.1, 0.15) is 23.3 Å². The SMILES string of the molecule is COCCCN(CC(=O)N(Cc1ccccc1)Cc1ccco1)C(=O)Nc1ccccc1C(F)(F)F. The quantitative estimate of drug-likeness (QED) is 0.356. The summed E-state index contributed by atoms with van der Waals surface area (Å²) in [6.45, 7) is 0.532. The van der Waals surface area contributed by atoms with Crippen molar-refractivity contribution in [1.29, 1.82) is 0 Å². The highest BCUT2D eigenvalue weighted by Gasteiger charge is 2.34. The number of para-hydroxylation sites is 1. The number of carbonyl (C=O) groups excluding carboxylic acids is 2. The number of nitrogens with one attached hydrogen (secondary N) is 1. The number of alkyl halides is 3. The second kappa shape index (κ2) is 12.8. The Morgan fingerprint density at radius 1 is 0.944 bits per heavy atom. The first kappa shape index (κ1) is 26.8. The summed E-state index contributed by atoms with van der Waals surface area (Å²) in [5.74, 6) is 0.181. The Kier molecular flexibility index (Phi) is 9.52. The molecule has 2 aromatic carbocycles. The molecule has 0 aliphatic heterocycles. The highest BCUT2D eigenvalue weighted by atomic mass is 19.4. The minimum Gasteiger partial charge on any atom is -0.467 e. The molecule has 0 aliphatic carbocycles. The van der Waals surface area contributed by atoms with Crippen molar-refractivity contribution in [2.24, 2.45) is 0 Å². The van der Waals surface area contributed by atoms with Crippen molar-refractivity contribution in [3.8, 4) is 0 Å². The zero-order valence-electron chi connectivity index (χ0n) is 19.8. The molecule has 0 radical (unpaired) electrons. The molecule has 0 spiro atoms. The van der Waals surface area contributed by atoms with Crippen molar-refractivity contribution in [2.75, 3.05) is 32.1 Å². The van der Waals surface area contributed by atoms with Crippen LogP contribution in [0, 0.1) is 0 Å². The molecule has 1 N–H and O–H groups in total. The lowest BCUT2D eigenvalue weighted by Gasteiger charge is -2.28. The Hall–Kier alpha value is -3.79. The maximum atomic E-state index is 13.4. The van der Waals surface area contributed by atoms with E-state index in [0.717, 1.165) is 11.6 Å². The van der Waals surface area contributed by atoms with Crippen LogP contribution in [-0.2, 0) is 28.8 Å². The van der Waals surface area contributed by atoms with Crippen molar-refractivity contribution in [2.45, 2.75) is 25.7 Å². The summed E-state index contributed by atoms with van der Waals surface area (Å²) in [7, 11) is 1.50. The van der Waals surface area contributed by atoms with Crippen molar-refractivity contribution in [3.63, 3.8) is 0 Å². The molecular weight excluding hydrogens is 475 g/mol. The Morgan fingerprint density at radius 3 is 2.33 bits per heavy atom. The van der Waals surface area contributed by atoms with Gasteiger partial charge >= 0.3 is 12.2 Å². The second-order valence-electron chi connectivity index (χ2n) is 8.06. The molecular formula is C26H28F3N3O4. The molecule has 3 rings (SSSR count). The lowest BCUT2D eigenvalue weighted by atomic mass is 10.1. The van der Waals surface area contributed by atoms with Gasteiger partial charge in [-0.05, 0) is 36.2 Å². The molecule has 0 saturated carbocycles. The summed E-state index contributed by atoms with van der Waals surface area (Å²) in [4.78, 5) is 29.1. The van der Waals surface area contributed by atoms with Gasteiger partial charge in [-0.15, -0.1) is 0 Å². The summed E-state index contributed by atoms with van der Waals surface area (Å²) in [6, 6.07) is 16.7. The maximum Gasteiger partial charge on any atom is 0.418 e. The number of carbonyl (C=O) groups is 2. The zero-order chi connectivity index (χ0) is 26.0. The number of nitrogens with zero attached hydrogens (tertiary/aromatic N) is 2. The third-order valence-electron chi connectivity index (χ3n) is 5.36. The number of hydrogen-bond acceptors (Lipinski definition) is 4. The maximum absolute atomic E-state index is 13.4. The Bertz CT molecular complexity index is 1110. The molecule has 1 heterocycles. The third-order valence-corrected chi connectivity index (χ3v) is 5.36. The van der Waals surface area contributed by atoms with E-state index in [9.17, 15) is 22.8 Å². The highest BCUT2D eigenvalue weighted by molar-refractivity contribution is 5.93. The molecule has 7 nitrogen and oxygen atoms in total. The van der Waals surface area contributed by atoms with Crippen molar-refractivity contribution < 1.29 is 31.9 Å². The lowest BCUT2D eigenvalue weighted by molar-refractivity contribution is -0.137. The zero-order valence-corrected chi connectivity index (χ0v) is 19.8. The van der Waals surface area contributed by atoms with Gasteiger partial charge in [-0.1, -0.05) is 42.5 Å². The normalized spacial score (nSPS) is 11.2. The molecule has 1 aromatic heterocycles. The molecule has 10 heteroatoms. The average Bonchev–Trinajstić information content (AvgIpc) is 3.36. The van der Waals surface area contributed by atoms with Gasteiger partial charge in [0.25, 0.3) is 0 Å². The molecule has 0 aliphatic rings. The number of methoxy groups -OCH3 is 1. The predicted octanol–water partition coefficient (Wildman–Crippen LogP) is 5.40. The fourth-order valence-corrected chi connectivity index (χ4v) is 3.58. The van der Waals surface area contributed by atoms with E-state index in [1.807, 2.05) is 30.3 Å². The summed E-state index contributed by atoms with van der Waals surface area (Å²) < 4.78 is 50.6. The molecule has 0 bridgehead atoms. The fraction of sp³-hybridized carbons (Fsp3) is 0.308. The molecule has 0 atom stereocenters. The lowest BCUT2D eigenvalue weighted by Crippen LogP contribution is -2.44. The van der Waals surface area contributed by atoms with E-state index in [0.29, 0.717) is 18.8 Å². The van der Waals surface area contributed by atoms with Gasteiger partial charge in [0, 0.05) is 26.8 Å². The monoisotopic (exact) mass is 503 g/mol. The van der Waals surface area contributed by atoms with Crippen LogP contribution in [0.4, 0.5) is 23.7 Å². The van der Waals surface area contributed by atoms with Crippen LogP contribution in [0.2, 0.25) is 0 Å². The number of halogens is 3. The van der Waals surface area contributed by atoms with Gasteiger partial charge in [0.15, 0.2) is 0 Å². The molecule has 0 saturated heterocycles. The van der Waals surface area contributed by atoms with E-state index < -0.39 is 17.8 Å². The van der Waals surface area contributed by atoms with Gasteiger partial charge in [0.1, 0.15) is 12.3 Å². The first-order chi connectivity index (χ1) is 17.3. The highest BCUT2D eigenvalue weighted by Crippen LogP contribution is 2.34. The van der Waals surface area contributed by atoms with E-state index in [-0.39, 0.29) is 37.8 Å². The van der Waals surface area contributed by atoms with Gasteiger partial charge in [-0.3, -0.25) is 4.79 Å². The van der Waals surface area contributed by atoms with Gasteiger partial charge < -0.3 is 24.3 Å². The number of urea groups is 1. The summed E-state index contributed by atoms with van der Waals surface area (Å²) in [5.41, 5.74) is -0.465. The number of hydrogen-bond donors (Lipinski definition) is 1. The Morgan fingerprint density at radius 2 is 1.67 bits per heavy atom. The number of anilines is 1. The number of furan rings is 1. The topological polar surface area (TPSA) is 75.0 Å². The van der Waals surface area contributed by atoms with Gasteiger partial charge in [-0.25, -0.2) is 4.79 Å². The number of benzene rings is 2. The number of ether oxygens (including phenoxy) is 1. The molecule has 0 unspecified atom stereocenters. The minimum absolute atomic E-state index is 0.111. The smallest absolute Gasteiger partial charge is 0.418 e. The van der Waals surface area contributed by atoms with E-state index in [2.05, 4.69) is 5.32 Å². The third kappa shape index (κ3) is 7.88. The molecule has 192 valence electrons. The van der Waals surface area contributed by atoms with E-state index in [1.54, 1.807) is 12.1 Å². The molecule has 0 fully saturated rings. The van der Waals surface area contributed by atoms with E-state index >= 15 is 0 Å². The van der Waals surface area contributed by atoms with Gasteiger partial charge in [-0.2, -0.15) is 13.2 Å². The summed E-state index contributed by atoms with van der Waals surface area (Å²) >= 11 is 0. The first-order valence-electron chi connectivity index (χ1n) is 11.3. The van der Waals surface area contributed by atoms with Crippen molar-refractivity contribution in [3.05, 3.63) is 89.9 Å². The molecule has 3 amide bonds. The van der Waals surface area contributed by atoms with Crippen LogP contribution in [-0.4, -0.2) is 48.5 Å². The second-order valence-corrected chi connectivity index (χ2v) is 8.06. The summed E-state index contributed by atoms with van der Waals surface area (Å²) in [5, 5.41) is 2.32. The standard InChI is InChI=1S/C26H28F3N3O4/c1-35-15-8-14-31(25(34)30-23-13-6-5-12-22(23)26(27,28)29)19-24(33)32(18-21-11-7-16-36-21)17-20-9-3-2-4-10-20/h2-7,9-13,16H,8,14-15,17-19H2,1H3,(H,30,34). The average molecular weight is 504 g/mol. The largest absolute Gasteiger partial charge is 0.467 e. The first-order valence-corrected chi connectivity index (χ1v) is 11.3. The van der Waals surface area contributed by atoms with Crippen LogP contribution < -0.4 is 5.32 Å². The minimum atomic E-state index is -4.64. The predicted molar refractivity (Wildman–Crippen MR) is 128 cm³/mol. The van der Waals surface area contributed by atoms with Crippen LogP contribution in [0.3, 0.4) is 0 Å². The number of rotatable bonds is 11. The van der Waals surface area contributed by atoms with E-state index in [1.165, 1.54) is 41.4 Å². The molecule has 36 heavy (non-hydrogen) atoms. The van der Waals surface area contributed by atoms with E-state index in [4.69, 9.17) is 9.15 Å². The van der Waals surface area contributed by atoms with Gasteiger partial charge in [0.05, 0.1) is 24.1 Å². The Labute approximate surface area is 207 Å². The van der Waals surface area contributed by atoms with Crippen molar-refractivity contribution >= 4 is 17.6 Å². The fourth-order valence-electron chi connectivity index (χ4n) is 3.58. The van der Waals surface area contributed by atoms with Crippen molar-refractivity contribution in [1.82, 2.24) is 9.80 Å². The van der Waals surface area contributed by atoms with Crippen LogP contribution >= 0.6 is 0 Å². The van der Waals surface area contributed by atoms with Crippen LogP contribution in [0.5, 0.6) is 0 Å².